The van der Waals surface area contributed by atoms with E-state index in [1.807, 2.05) is 0 Å². The van der Waals surface area contributed by atoms with Gasteiger partial charge in [0, 0.05) is 0 Å². The predicted molar refractivity (Wildman–Crippen MR) is 58.0 cm³/mol. The Balaban J connectivity index is 2.88. The fourth-order valence-corrected chi connectivity index (χ4v) is 1.12. The van der Waals surface area contributed by atoms with E-state index < -0.39 is 17.5 Å². The molecular formula is C12H11O5-. The summed E-state index contributed by atoms with van der Waals surface area (Å²) in [6.07, 6.45) is 0.702. The van der Waals surface area contributed by atoms with Crippen molar-refractivity contribution in [2.45, 2.75) is 0 Å². The van der Waals surface area contributed by atoms with Gasteiger partial charge < -0.3 is 14.6 Å². The molecule has 0 bridgehead atoms. The van der Waals surface area contributed by atoms with E-state index in [1.165, 1.54) is 19.2 Å². The number of hydrogen-bond donors (Lipinski definition) is 0. The van der Waals surface area contributed by atoms with Crippen LogP contribution in [0.4, 0.5) is 0 Å². The molecule has 0 fully saturated rings. The summed E-state index contributed by atoms with van der Waals surface area (Å²) in [4.78, 5) is 21.9. The van der Waals surface area contributed by atoms with Gasteiger partial charge in [-0.25, -0.2) is 4.79 Å². The Hall–Kier alpha value is -2.30. The van der Waals surface area contributed by atoms with E-state index in [9.17, 15) is 14.7 Å². The van der Waals surface area contributed by atoms with Gasteiger partial charge in [-0.1, -0.05) is 17.9 Å². The molecule has 0 atom stereocenters. The normalized spacial score (nSPS) is 10.8. The minimum atomic E-state index is -1.06. The lowest BCUT2D eigenvalue weighted by molar-refractivity contribution is -0.243. The Morgan fingerprint density at radius 3 is 2.24 bits per heavy atom. The molecule has 1 aromatic rings. The highest BCUT2D eigenvalue weighted by molar-refractivity contribution is 6.39. The van der Waals surface area contributed by atoms with Crippen LogP contribution in [0.5, 0.6) is 5.75 Å². The fourth-order valence-electron chi connectivity index (χ4n) is 1.12. The minimum absolute atomic E-state index is 0.294. The van der Waals surface area contributed by atoms with Gasteiger partial charge in [0.05, 0.1) is 14.2 Å². The quantitative estimate of drug-likeness (QED) is 0.321. The Morgan fingerprint density at radius 1 is 1.18 bits per heavy atom. The predicted octanol–water partition coefficient (Wildman–Crippen LogP) is 0.138. The van der Waals surface area contributed by atoms with Crippen molar-refractivity contribution >= 4 is 17.5 Å². The van der Waals surface area contributed by atoms with E-state index in [1.54, 1.807) is 12.1 Å². The Kier molecular flexibility index (Phi) is 4.28. The van der Waals surface area contributed by atoms with Crippen molar-refractivity contribution in [2.75, 3.05) is 14.2 Å². The summed E-state index contributed by atoms with van der Waals surface area (Å²) in [7, 11) is 2.58. The Bertz CT molecular complexity index is 444. The monoisotopic (exact) mass is 235 g/mol. The van der Waals surface area contributed by atoms with Gasteiger partial charge in [0.25, 0.3) is 5.78 Å². The number of esters is 1. The maximum atomic E-state index is 11.6. The zero-order valence-electron chi connectivity index (χ0n) is 9.43. The molecule has 0 N–H and O–H groups in total. The van der Waals surface area contributed by atoms with Crippen LogP contribution in [0, 0.1) is 0 Å². The van der Waals surface area contributed by atoms with E-state index in [-0.39, 0.29) is 0 Å². The summed E-state index contributed by atoms with van der Waals surface area (Å²) in [6, 6.07) is 6.18. The van der Waals surface area contributed by atoms with Crippen LogP contribution in [0.2, 0.25) is 0 Å². The highest BCUT2D eigenvalue weighted by atomic mass is 16.5. The van der Waals surface area contributed by atoms with E-state index in [2.05, 4.69) is 4.74 Å². The minimum Gasteiger partial charge on any atom is -0.872 e. The van der Waals surface area contributed by atoms with Crippen molar-refractivity contribution in [3.63, 3.8) is 0 Å². The number of carbonyl (C=O) groups excluding carboxylic acids is 2. The number of carbonyl (C=O) groups is 2. The molecule has 0 heterocycles. The molecule has 5 nitrogen and oxygen atoms in total. The largest absolute Gasteiger partial charge is 0.872 e. The van der Waals surface area contributed by atoms with E-state index in [0.29, 0.717) is 17.4 Å². The lowest BCUT2D eigenvalue weighted by atomic mass is 10.1. The lowest BCUT2D eigenvalue weighted by Crippen LogP contribution is -2.15. The van der Waals surface area contributed by atoms with E-state index in [4.69, 9.17) is 4.74 Å². The number of methoxy groups -OCH3 is 2. The first-order chi connectivity index (χ1) is 8.08. The third kappa shape index (κ3) is 3.34. The van der Waals surface area contributed by atoms with Crippen molar-refractivity contribution in [1.82, 2.24) is 0 Å². The molecule has 90 valence electrons. The van der Waals surface area contributed by atoms with Gasteiger partial charge in [0.2, 0.25) is 0 Å². The van der Waals surface area contributed by atoms with Gasteiger partial charge >= 0.3 is 5.97 Å². The molecule has 0 spiro atoms. The van der Waals surface area contributed by atoms with Crippen LogP contribution in [0.1, 0.15) is 5.56 Å². The molecule has 1 rings (SSSR count). The van der Waals surface area contributed by atoms with Crippen LogP contribution in [0.3, 0.4) is 0 Å². The van der Waals surface area contributed by atoms with E-state index >= 15 is 0 Å². The van der Waals surface area contributed by atoms with Crippen LogP contribution < -0.4 is 9.84 Å². The van der Waals surface area contributed by atoms with Crippen molar-refractivity contribution in [3.05, 3.63) is 35.9 Å². The molecule has 1 aromatic carbocycles. The SMILES string of the molecule is COC(=O)C(=O)/C=C(\[O-])c1ccc(OC)cc1. The molecular weight excluding hydrogens is 224 g/mol. The maximum absolute atomic E-state index is 11.6. The summed E-state index contributed by atoms with van der Waals surface area (Å²) in [6.45, 7) is 0. The second-order valence-electron chi connectivity index (χ2n) is 3.09. The molecule has 0 unspecified atom stereocenters. The summed E-state index contributed by atoms with van der Waals surface area (Å²) in [5.74, 6) is -2.00. The molecule has 0 aliphatic carbocycles. The first-order valence-corrected chi connectivity index (χ1v) is 4.74. The van der Waals surface area contributed by atoms with Crippen molar-refractivity contribution in [1.29, 1.82) is 0 Å². The number of rotatable bonds is 4. The molecule has 0 aliphatic rings. The zero-order valence-corrected chi connectivity index (χ0v) is 9.43. The lowest BCUT2D eigenvalue weighted by Gasteiger charge is -2.11. The highest BCUT2D eigenvalue weighted by Gasteiger charge is 2.09. The van der Waals surface area contributed by atoms with Gasteiger partial charge in [-0.15, -0.1) is 0 Å². The van der Waals surface area contributed by atoms with Crippen molar-refractivity contribution in [3.8, 4) is 5.75 Å². The summed E-state index contributed by atoms with van der Waals surface area (Å²) < 4.78 is 9.12. The molecule has 0 aliphatic heterocycles. The van der Waals surface area contributed by atoms with Gasteiger partial charge in [-0.2, -0.15) is 0 Å². The summed E-state index contributed by atoms with van der Waals surface area (Å²) in [5.41, 5.74) is 0.294. The topological polar surface area (TPSA) is 75.7 Å². The van der Waals surface area contributed by atoms with Crippen LogP contribution in [0.15, 0.2) is 30.3 Å². The van der Waals surface area contributed by atoms with Gasteiger partial charge in [-0.3, -0.25) is 4.79 Å². The second-order valence-corrected chi connectivity index (χ2v) is 3.09. The molecule has 0 saturated heterocycles. The number of ether oxygens (including phenoxy) is 2. The standard InChI is InChI=1S/C12H12O5/c1-16-9-5-3-8(4-6-9)10(13)7-11(14)12(15)17-2/h3-7,13H,1-2H3/p-1/b10-7-. The first-order valence-electron chi connectivity index (χ1n) is 4.74. The molecule has 0 aromatic heterocycles. The van der Waals surface area contributed by atoms with Gasteiger partial charge in [-0.05, 0) is 23.8 Å². The first kappa shape index (κ1) is 12.8. The van der Waals surface area contributed by atoms with Gasteiger partial charge in [0.15, 0.2) is 0 Å². The average Bonchev–Trinajstić information content (AvgIpc) is 2.37. The Labute approximate surface area is 98.3 Å². The highest BCUT2D eigenvalue weighted by Crippen LogP contribution is 2.15. The average molecular weight is 235 g/mol. The van der Waals surface area contributed by atoms with Crippen LogP contribution in [-0.4, -0.2) is 26.0 Å². The molecule has 0 saturated carbocycles. The maximum Gasteiger partial charge on any atom is 0.378 e. The zero-order chi connectivity index (χ0) is 12.8. The molecule has 17 heavy (non-hydrogen) atoms. The van der Waals surface area contributed by atoms with Crippen LogP contribution >= 0.6 is 0 Å². The van der Waals surface area contributed by atoms with E-state index in [0.717, 1.165) is 7.11 Å². The molecule has 0 amide bonds. The number of ketones is 1. The number of benzene rings is 1. The third-order valence-electron chi connectivity index (χ3n) is 2.02. The van der Waals surface area contributed by atoms with Crippen molar-refractivity contribution in [2.24, 2.45) is 0 Å². The molecule has 5 heteroatoms. The summed E-state index contributed by atoms with van der Waals surface area (Å²) in [5, 5.41) is 11.6. The second kappa shape index (κ2) is 5.69. The summed E-state index contributed by atoms with van der Waals surface area (Å²) >= 11 is 0. The third-order valence-corrected chi connectivity index (χ3v) is 2.02. The van der Waals surface area contributed by atoms with Gasteiger partial charge in [0.1, 0.15) is 5.75 Å². The smallest absolute Gasteiger partial charge is 0.378 e. The fraction of sp³-hybridized carbons (Fsp3) is 0.167. The number of hydrogen-bond acceptors (Lipinski definition) is 5. The molecule has 0 radical (unpaired) electrons. The van der Waals surface area contributed by atoms with Crippen molar-refractivity contribution < 1.29 is 24.2 Å². The van der Waals surface area contributed by atoms with Crippen LogP contribution in [-0.2, 0) is 14.3 Å². The Morgan fingerprint density at radius 2 is 1.76 bits per heavy atom. The van der Waals surface area contributed by atoms with Crippen LogP contribution in [0.25, 0.3) is 5.76 Å².